The van der Waals surface area contributed by atoms with Crippen LogP contribution >= 0.6 is 0 Å². The molecule has 2 heterocycles. The molecule has 1 aliphatic rings. The predicted molar refractivity (Wildman–Crippen MR) is 52.5 cm³/mol. The average molecular weight is 212 g/mol. The van der Waals surface area contributed by atoms with E-state index in [1.54, 1.807) is 4.90 Å². The van der Waals surface area contributed by atoms with Gasteiger partial charge in [0.05, 0.1) is 4.92 Å². The first-order valence-electron chi connectivity index (χ1n) is 4.80. The van der Waals surface area contributed by atoms with Crippen LogP contribution < -0.4 is 4.90 Å². The van der Waals surface area contributed by atoms with Gasteiger partial charge in [0.25, 0.3) is 0 Å². The van der Waals surface area contributed by atoms with E-state index in [2.05, 4.69) is 5.10 Å². The number of hydrogen-bond acceptors (Lipinski definition) is 5. The summed E-state index contributed by atoms with van der Waals surface area (Å²) in [7, 11) is 0. The fraction of sp³-hybridized carbons (Fsp3) is 0.625. The third-order valence-electron chi connectivity index (χ3n) is 2.55. The highest BCUT2D eigenvalue weighted by Crippen LogP contribution is 2.33. The lowest BCUT2D eigenvalue weighted by Crippen LogP contribution is -2.48. The molecule has 0 aromatic carbocycles. The number of aliphatic hydroxyl groups is 1. The summed E-state index contributed by atoms with van der Waals surface area (Å²) in [6.45, 7) is 3.03. The Labute approximate surface area is 86.1 Å². The monoisotopic (exact) mass is 212 g/mol. The quantitative estimate of drug-likeness (QED) is 0.576. The minimum atomic E-state index is -0.620. The molecule has 0 amide bonds. The molecule has 1 unspecified atom stereocenters. The standard InChI is InChI=1S/C8H12N4O3/c1-2-11-8(10-4-3-7(10)13)6(5-9-11)12(14)15/h5,7,13H,2-4H2,1H3. The van der Waals surface area contributed by atoms with Gasteiger partial charge in [-0.15, -0.1) is 0 Å². The van der Waals surface area contributed by atoms with E-state index in [1.165, 1.54) is 10.9 Å². The van der Waals surface area contributed by atoms with Crippen LogP contribution in [-0.4, -0.2) is 32.6 Å². The van der Waals surface area contributed by atoms with E-state index in [0.29, 0.717) is 25.3 Å². The average Bonchev–Trinajstić information content (AvgIpc) is 2.59. The van der Waals surface area contributed by atoms with E-state index in [0.717, 1.165) is 0 Å². The smallest absolute Gasteiger partial charge is 0.331 e. The first-order valence-corrected chi connectivity index (χ1v) is 4.80. The Kier molecular flexibility index (Phi) is 2.31. The second-order valence-electron chi connectivity index (χ2n) is 3.39. The van der Waals surface area contributed by atoms with Gasteiger partial charge in [-0.3, -0.25) is 10.1 Å². The van der Waals surface area contributed by atoms with Crippen molar-refractivity contribution in [3.8, 4) is 0 Å². The summed E-state index contributed by atoms with van der Waals surface area (Å²) in [5, 5.41) is 24.1. The normalized spacial score (nSPS) is 20.1. The summed E-state index contributed by atoms with van der Waals surface area (Å²) in [6.07, 6.45) is 1.25. The molecule has 0 radical (unpaired) electrons. The van der Waals surface area contributed by atoms with Crippen molar-refractivity contribution in [2.45, 2.75) is 26.1 Å². The molecule has 82 valence electrons. The second kappa shape index (κ2) is 3.50. The van der Waals surface area contributed by atoms with Crippen molar-refractivity contribution in [1.82, 2.24) is 9.78 Å². The van der Waals surface area contributed by atoms with Crippen LogP contribution in [0.2, 0.25) is 0 Å². The fourth-order valence-electron chi connectivity index (χ4n) is 1.65. The second-order valence-corrected chi connectivity index (χ2v) is 3.39. The van der Waals surface area contributed by atoms with Gasteiger partial charge in [0.1, 0.15) is 12.4 Å². The fourth-order valence-corrected chi connectivity index (χ4v) is 1.65. The van der Waals surface area contributed by atoms with Crippen LogP contribution in [0.5, 0.6) is 0 Å². The molecular formula is C8H12N4O3. The maximum absolute atomic E-state index is 10.7. The Hall–Kier alpha value is -1.63. The van der Waals surface area contributed by atoms with Crippen molar-refractivity contribution in [3.05, 3.63) is 16.3 Å². The molecule has 0 spiro atoms. The van der Waals surface area contributed by atoms with Crippen molar-refractivity contribution in [3.63, 3.8) is 0 Å². The van der Waals surface area contributed by atoms with Crippen LogP contribution in [0.25, 0.3) is 0 Å². The Morgan fingerprint density at radius 3 is 2.93 bits per heavy atom. The number of aliphatic hydroxyl groups excluding tert-OH is 1. The molecule has 7 nitrogen and oxygen atoms in total. The van der Waals surface area contributed by atoms with Crippen LogP contribution in [-0.2, 0) is 6.54 Å². The predicted octanol–water partition coefficient (Wildman–Crippen LogP) is 0.340. The zero-order chi connectivity index (χ0) is 11.0. The number of anilines is 1. The molecule has 1 fully saturated rings. The van der Waals surface area contributed by atoms with Crippen molar-refractivity contribution >= 4 is 11.5 Å². The number of nitrogens with zero attached hydrogens (tertiary/aromatic N) is 4. The van der Waals surface area contributed by atoms with Crippen molar-refractivity contribution < 1.29 is 10.0 Å². The molecule has 0 bridgehead atoms. The lowest BCUT2D eigenvalue weighted by atomic mass is 10.2. The Balaban J connectivity index is 2.41. The molecule has 1 atom stereocenters. The molecule has 1 aromatic rings. The van der Waals surface area contributed by atoms with Crippen LogP contribution in [0.3, 0.4) is 0 Å². The molecule has 15 heavy (non-hydrogen) atoms. The summed E-state index contributed by atoms with van der Waals surface area (Å²) in [6, 6.07) is 0. The van der Waals surface area contributed by atoms with Gasteiger partial charge in [-0.25, -0.2) is 4.68 Å². The molecular weight excluding hydrogens is 200 g/mol. The molecule has 1 saturated heterocycles. The lowest BCUT2D eigenvalue weighted by Gasteiger charge is -2.37. The summed E-state index contributed by atoms with van der Waals surface area (Å²) < 4.78 is 1.53. The first kappa shape index (κ1) is 9.91. The van der Waals surface area contributed by atoms with Crippen molar-refractivity contribution in [1.29, 1.82) is 0 Å². The van der Waals surface area contributed by atoms with Crippen molar-refractivity contribution in [2.24, 2.45) is 0 Å². The van der Waals surface area contributed by atoms with Crippen LogP contribution in [0, 0.1) is 10.1 Å². The molecule has 2 rings (SSSR count). The maximum atomic E-state index is 10.7. The van der Waals surface area contributed by atoms with Gasteiger partial charge in [0.2, 0.25) is 5.82 Å². The van der Waals surface area contributed by atoms with Gasteiger partial charge in [0.15, 0.2) is 0 Å². The van der Waals surface area contributed by atoms with Gasteiger partial charge < -0.3 is 10.0 Å². The molecule has 0 aliphatic carbocycles. The van der Waals surface area contributed by atoms with Crippen LogP contribution in [0.1, 0.15) is 13.3 Å². The van der Waals surface area contributed by atoms with E-state index in [4.69, 9.17) is 0 Å². The molecule has 1 aromatic heterocycles. The number of aromatic nitrogens is 2. The summed E-state index contributed by atoms with van der Waals surface area (Å²) >= 11 is 0. The Morgan fingerprint density at radius 1 is 1.80 bits per heavy atom. The summed E-state index contributed by atoms with van der Waals surface area (Å²) in [5.41, 5.74) is -0.0457. The van der Waals surface area contributed by atoms with Gasteiger partial charge in [0, 0.05) is 19.5 Å². The van der Waals surface area contributed by atoms with E-state index < -0.39 is 11.2 Å². The number of aryl methyl sites for hydroxylation is 1. The number of hydrogen-bond donors (Lipinski definition) is 1. The third kappa shape index (κ3) is 1.44. The van der Waals surface area contributed by atoms with E-state index in [1.807, 2.05) is 6.92 Å². The van der Waals surface area contributed by atoms with E-state index in [9.17, 15) is 15.2 Å². The number of nitro groups is 1. The van der Waals surface area contributed by atoms with Gasteiger partial charge in [-0.2, -0.15) is 5.10 Å². The SMILES string of the molecule is CCn1ncc([N+](=O)[O-])c1N1CCC1O. The molecule has 0 saturated carbocycles. The zero-order valence-corrected chi connectivity index (χ0v) is 8.33. The Bertz CT molecular complexity index is 389. The zero-order valence-electron chi connectivity index (χ0n) is 8.33. The minimum Gasteiger partial charge on any atom is -0.373 e. The maximum Gasteiger partial charge on any atom is 0.331 e. The molecule has 1 N–H and O–H groups in total. The van der Waals surface area contributed by atoms with E-state index in [-0.39, 0.29) is 5.69 Å². The first-order chi connectivity index (χ1) is 7.15. The third-order valence-corrected chi connectivity index (χ3v) is 2.55. The largest absolute Gasteiger partial charge is 0.373 e. The highest BCUT2D eigenvalue weighted by Gasteiger charge is 2.34. The van der Waals surface area contributed by atoms with E-state index >= 15 is 0 Å². The highest BCUT2D eigenvalue weighted by atomic mass is 16.6. The van der Waals surface area contributed by atoms with Crippen molar-refractivity contribution in [2.75, 3.05) is 11.4 Å². The van der Waals surface area contributed by atoms with Gasteiger partial charge >= 0.3 is 5.69 Å². The minimum absolute atomic E-state index is 0.0457. The summed E-state index contributed by atoms with van der Waals surface area (Å²) in [4.78, 5) is 11.9. The molecule has 7 heteroatoms. The Morgan fingerprint density at radius 2 is 2.53 bits per heavy atom. The number of rotatable bonds is 3. The topological polar surface area (TPSA) is 84.4 Å². The lowest BCUT2D eigenvalue weighted by molar-refractivity contribution is -0.384. The van der Waals surface area contributed by atoms with Gasteiger partial charge in [-0.05, 0) is 6.92 Å². The molecule has 1 aliphatic heterocycles. The highest BCUT2D eigenvalue weighted by molar-refractivity contribution is 5.59. The van der Waals surface area contributed by atoms with Crippen LogP contribution in [0.15, 0.2) is 6.20 Å². The van der Waals surface area contributed by atoms with Crippen LogP contribution in [0.4, 0.5) is 11.5 Å². The van der Waals surface area contributed by atoms with Gasteiger partial charge in [-0.1, -0.05) is 0 Å². The summed E-state index contributed by atoms with van der Waals surface area (Å²) in [5.74, 6) is 0.404.